The van der Waals surface area contributed by atoms with Crippen LogP contribution in [0.2, 0.25) is 5.02 Å². The summed E-state index contributed by atoms with van der Waals surface area (Å²) < 4.78 is 41.9. The first kappa shape index (κ1) is 27.7. The molecule has 2 aliphatic rings. The van der Waals surface area contributed by atoms with Crippen molar-refractivity contribution in [2.24, 2.45) is 11.8 Å². The Kier molecular flexibility index (Phi) is 8.15. The minimum absolute atomic E-state index is 0.0610. The summed E-state index contributed by atoms with van der Waals surface area (Å²) in [5, 5.41) is 2.49. The summed E-state index contributed by atoms with van der Waals surface area (Å²) in [6.45, 7) is 0. The van der Waals surface area contributed by atoms with Gasteiger partial charge in [-0.2, -0.15) is 13.2 Å². The highest BCUT2D eigenvalue weighted by atomic mass is 35.5. The number of benzene rings is 1. The maximum atomic E-state index is 14.0. The van der Waals surface area contributed by atoms with E-state index >= 15 is 0 Å². The molecule has 8 nitrogen and oxygen atoms in total. The average molecular weight is 552 g/mol. The van der Waals surface area contributed by atoms with Crippen molar-refractivity contribution in [3.8, 4) is 0 Å². The highest BCUT2D eigenvalue weighted by Gasteiger charge is 2.56. The summed E-state index contributed by atoms with van der Waals surface area (Å²) >= 11 is 5.94. The zero-order valence-corrected chi connectivity index (χ0v) is 21.5. The van der Waals surface area contributed by atoms with Crippen LogP contribution in [-0.4, -0.2) is 53.0 Å². The van der Waals surface area contributed by atoms with E-state index in [0.717, 1.165) is 6.42 Å². The minimum atomic E-state index is -4.70. The number of carbonyl (C=O) groups is 3. The van der Waals surface area contributed by atoms with Crippen LogP contribution in [0.25, 0.3) is 0 Å². The number of anilines is 2. The number of aromatic nitrogens is 1. The SMILES string of the molecule is CN(C(=O)C1[C@@H](Cc2ccnc(N)c2)C(=O)N1C(=O)NC(C1CCCCC1)C(F)(F)F)c1ccc(Cl)cc1. The van der Waals surface area contributed by atoms with Crippen molar-refractivity contribution in [1.82, 2.24) is 15.2 Å². The number of nitrogens with one attached hydrogen (secondary N) is 1. The third-order valence-corrected chi connectivity index (χ3v) is 7.54. The molecule has 12 heteroatoms. The predicted octanol–water partition coefficient (Wildman–Crippen LogP) is 4.57. The van der Waals surface area contributed by atoms with Gasteiger partial charge < -0.3 is 16.0 Å². The van der Waals surface area contributed by atoms with Gasteiger partial charge in [-0.15, -0.1) is 0 Å². The van der Waals surface area contributed by atoms with Gasteiger partial charge >= 0.3 is 12.2 Å². The van der Waals surface area contributed by atoms with Crippen LogP contribution in [0.3, 0.4) is 0 Å². The van der Waals surface area contributed by atoms with Crippen LogP contribution in [-0.2, 0) is 16.0 Å². The van der Waals surface area contributed by atoms with Gasteiger partial charge in [-0.3, -0.25) is 14.5 Å². The zero-order chi connectivity index (χ0) is 27.6. The lowest BCUT2D eigenvalue weighted by Crippen LogP contribution is -2.71. The second-order valence-electron chi connectivity index (χ2n) is 9.79. The van der Waals surface area contributed by atoms with Crippen LogP contribution in [0.4, 0.5) is 29.5 Å². The van der Waals surface area contributed by atoms with E-state index in [0.29, 0.717) is 46.9 Å². The number of β-lactam (4-membered cyclic amide) rings is 1. The summed E-state index contributed by atoms with van der Waals surface area (Å²) in [6, 6.07) is 4.86. The normalized spacial score (nSPS) is 21.0. The van der Waals surface area contributed by atoms with Gasteiger partial charge in [0, 0.05) is 24.0 Å². The number of likely N-dealkylation sites (N-methyl/N-ethyl adjacent to an activating group) is 1. The molecular formula is C26H29ClF3N5O3. The molecule has 0 radical (unpaired) electrons. The van der Waals surface area contributed by atoms with Crippen LogP contribution >= 0.6 is 11.6 Å². The minimum Gasteiger partial charge on any atom is -0.384 e. The molecule has 0 spiro atoms. The molecule has 0 bridgehead atoms. The van der Waals surface area contributed by atoms with Crippen molar-refractivity contribution >= 4 is 41.0 Å². The second kappa shape index (κ2) is 11.2. The molecule has 1 aromatic carbocycles. The maximum absolute atomic E-state index is 14.0. The van der Waals surface area contributed by atoms with Crippen molar-refractivity contribution in [2.75, 3.05) is 17.7 Å². The van der Waals surface area contributed by atoms with Gasteiger partial charge in [0.15, 0.2) is 0 Å². The Balaban J connectivity index is 1.60. The van der Waals surface area contributed by atoms with Crippen molar-refractivity contribution in [2.45, 2.75) is 56.8 Å². The van der Waals surface area contributed by atoms with Crippen LogP contribution in [0.15, 0.2) is 42.6 Å². The standard InChI is InChI=1S/C26H29ClF3N5O3/c1-34(18-9-7-17(27)8-10-18)24(37)21-19(13-15-11-12-32-20(31)14-15)23(36)35(21)25(38)33-22(26(28,29)30)16-5-3-2-4-6-16/h7-12,14,16,19,21-22H,2-6,13H2,1H3,(H2,31,32)(H,33,38)/t19-,21?,22?/m1/s1. The fraction of sp³-hybridized carbons (Fsp3) is 0.462. The van der Waals surface area contributed by atoms with Gasteiger partial charge in [0.2, 0.25) is 5.91 Å². The Morgan fingerprint density at radius 2 is 1.84 bits per heavy atom. The highest BCUT2D eigenvalue weighted by Crippen LogP contribution is 2.37. The molecule has 204 valence electrons. The van der Waals surface area contributed by atoms with E-state index in [4.69, 9.17) is 17.3 Å². The zero-order valence-electron chi connectivity index (χ0n) is 20.7. The van der Waals surface area contributed by atoms with E-state index in [9.17, 15) is 27.6 Å². The number of carbonyl (C=O) groups excluding carboxylic acids is 3. The fourth-order valence-electron chi connectivity index (χ4n) is 5.26. The Bertz CT molecular complexity index is 1190. The van der Waals surface area contributed by atoms with E-state index in [1.165, 1.54) is 18.1 Å². The Morgan fingerprint density at radius 3 is 2.45 bits per heavy atom. The molecule has 2 heterocycles. The number of rotatable bonds is 6. The number of amides is 4. The number of hydrogen-bond donors (Lipinski definition) is 2. The summed E-state index contributed by atoms with van der Waals surface area (Å²) in [5.74, 6) is -2.89. The van der Waals surface area contributed by atoms with Gasteiger partial charge in [-0.05, 0) is 67.1 Å². The molecule has 4 rings (SSSR count). The Hall–Kier alpha value is -3.34. The number of nitrogens with zero attached hydrogens (tertiary/aromatic N) is 3. The monoisotopic (exact) mass is 551 g/mol. The molecular weight excluding hydrogens is 523 g/mol. The van der Waals surface area contributed by atoms with Gasteiger partial charge in [0.05, 0.1) is 5.92 Å². The molecule has 2 fully saturated rings. The quantitative estimate of drug-likeness (QED) is 0.511. The maximum Gasteiger partial charge on any atom is 0.408 e. The molecule has 2 unspecified atom stereocenters. The average Bonchev–Trinajstić information content (AvgIpc) is 2.88. The van der Waals surface area contributed by atoms with E-state index < -0.39 is 47.9 Å². The summed E-state index contributed by atoms with van der Waals surface area (Å²) in [6.07, 6.45) is -0.412. The number of pyridine rings is 1. The number of alkyl halides is 3. The van der Waals surface area contributed by atoms with Crippen molar-refractivity contribution in [1.29, 1.82) is 0 Å². The van der Waals surface area contributed by atoms with Crippen molar-refractivity contribution < 1.29 is 27.6 Å². The molecule has 1 aliphatic carbocycles. The predicted molar refractivity (Wildman–Crippen MR) is 136 cm³/mol. The summed E-state index contributed by atoms with van der Waals surface area (Å²) in [5.41, 5.74) is 6.79. The van der Waals surface area contributed by atoms with E-state index in [-0.39, 0.29) is 12.2 Å². The van der Waals surface area contributed by atoms with Crippen molar-refractivity contribution in [3.63, 3.8) is 0 Å². The Morgan fingerprint density at radius 1 is 1.18 bits per heavy atom. The van der Waals surface area contributed by atoms with Gasteiger partial charge in [0.25, 0.3) is 5.91 Å². The molecule has 1 saturated carbocycles. The fourth-order valence-corrected chi connectivity index (χ4v) is 5.39. The first-order chi connectivity index (χ1) is 18.0. The lowest BCUT2D eigenvalue weighted by Gasteiger charge is -2.46. The molecule has 3 atom stereocenters. The number of imide groups is 1. The molecule has 3 N–H and O–H groups in total. The summed E-state index contributed by atoms with van der Waals surface area (Å²) in [4.78, 5) is 45.7. The third-order valence-electron chi connectivity index (χ3n) is 7.28. The lowest BCUT2D eigenvalue weighted by molar-refractivity contribution is -0.170. The number of halogens is 4. The molecule has 1 aromatic heterocycles. The number of likely N-dealkylation sites (tertiary alicyclic amines) is 1. The molecule has 1 saturated heterocycles. The van der Waals surface area contributed by atoms with Crippen LogP contribution in [0.1, 0.15) is 37.7 Å². The number of hydrogen-bond acceptors (Lipinski definition) is 5. The van der Waals surface area contributed by atoms with E-state index in [2.05, 4.69) is 4.98 Å². The third kappa shape index (κ3) is 5.87. The lowest BCUT2D eigenvalue weighted by atomic mass is 9.81. The highest BCUT2D eigenvalue weighted by molar-refractivity contribution is 6.30. The Labute approximate surface area is 223 Å². The van der Waals surface area contributed by atoms with E-state index in [1.807, 2.05) is 5.32 Å². The first-order valence-electron chi connectivity index (χ1n) is 12.4. The molecule has 1 aliphatic heterocycles. The van der Waals surface area contributed by atoms with Crippen molar-refractivity contribution in [3.05, 3.63) is 53.2 Å². The van der Waals surface area contributed by atoms with Crippen LogP contribution in [0.5, 0.6) is 0 Å². The van der Waals surface area contributed by atoms with Gasteiger partial charge in [-0.1, -0.05) is 30.9 Å². The second-order valence-corrected chi connectivity index (χ2v) is 10.2. The van der Waals surface area contributed by atoms with Gasteiger partial charge in [-0.25, -0.2) is 9.78 Å². The first-order valence-corrected chi connectivity index (χ1v) is 12.8. The van der Waals surface area contributed by atoms with Crippen LogP contribution in [0, 0.1) is 11.8 Å². The number of nitrogen functional groups attached to an aromatic ring is 1. The number of urea groups is 1. The van der Waals surface area contributed by atoms with Gasteiger partial charge in [0.1, 0.15) is 17.9 Å². The van der Waals surface area contributed by atoms with Crippen LogP contribution < -0.4 is 16.0 Å². The number of nitrogens with two attached hydrogens (primary N) is 1. The molecule has 4 amide bonds. The topological polar surface area (TPSA) is 109 Å². The molecule has 2 aromatic rings. The van der Waals surface area contributed by atoms with E-state index in [1.54, 1.807) is 36.4 Å². The molecule has 38 heavy (non-hydrogen) atoms. The smallest absolute Gasteiger partial charge is 0.384 e. The largest absolute Gasteiger partial charge is 0.408 e. The summed E-state index contributed by atoms with van der Waals surface area (Å²) in [7, 11) is 1.46.